The van der Waals surface area contributed by atoms with Crippen LogP contribution >= 0.6 is 11.6 Å². The number of carbonyl (C=O) groups excluding carboxylic acids is 1. The molecule has 2 unspecified atom stereocenters. The Balaban J connectivity index is 1.61. The maximum atomic E-state index is 12.8. The molecular formula is C19H19ClN4O2. The molecule has 2 atom stereocenters. The topological polar surface area (TPSA) is 68.8 Å². The average molecular weight is 371 g/mol. The van der Waals surface area contributed by atoms with Crippen molar-refractivity contribution in [3.8, 4) is 0 Å². The number of hydrogen-bond acceptors (Lipinski definition) is 4. The van der Waals surface area contributed by atoms with E-state index in [0.717, 1.165) is 24.1 Å². The van der Waals surface area contributed by atoms with Crippen molar-refractivity contribution in [2.45, 2.75) is 32.4 Å². The SMILES string of the molecule is CC1ON=C(C2CC2)C1C(=O)N=c1ccccn1Cc1ccc(Cl)nc1. The Hall–Kier alpha value is -2.47. The quantitative estimate of drug-likeness (QED) is 0.777. The Labute approximate surface area is 156 Å². The van der Waals surface area contributed by atoms with Crippen LogP contribution in [0.1, 0.15) is 25.3 Å². The van der Waals surface area contributed by atoms with E-state index in [1.165, 1.54) is 0 Å². The maximum absolute atomic E-state index is 12.8. The molecule has 134 valence electrons. The summed E-state index contributed by atoms with van der Waals surface area (Å²) in [5.41, 5.74) is 2.43. The van der Waals surface area contributed by atoms with E-state index >= 15 is 0 Å². The predicted molar refractivity (Wildman–Crippen MR) is 97.5 cm³/mol. The van der Waals surface area contributed by atoms with Crippen LogP contribution in [-0.2, 0) is 16.2 Å². The lowest BCUT2D eigenvalue weighted by Gasteiger charge is -2.12. The first kappa shape index (κ1) is 17.0. The summed E-state index contributed by atoms with van der Waals surface area (Å²) in [5.74, 6) is -0.199. The van der Waals surface area contributed by atoms with Gasteiger partial charge in [0, 0.05) is 18.3 Å². The number of amides is 1. The van der Waals surface area contributed by atoms with Crippen LogP contribution in [0.3, 0.4) is 0 Å². The predicted octanol–water partition coefficient (Wildman–Crippen LogP) is 2.81. The fourth-order valence-corrected chi connectivity index (χ4v) is 3.23. The van der Waals surface area contributed by atoms with Crippen LogP contribution in [0.4, 0.5) is 0 Å². The molecule has 0 saturated heterocycles. The second-order valence-corrected chi connectivity index (χ2v) is 7.09. The molecule has 4 rings (SSSR count). The molecule has 6 nitrogen and oxygen atoms in total. The highest BCUT2D eigenvalue weighted by Crippen LogP contribution is 2.37. The van der Waals surface area contributed by atoms with Gasteiger partial charge in [0.1, 0.15) is 22.7 Å². The minimum Gasteiger partial charge on any atom is -0.392 e. The van der Waals surface area contributed by atoms with Gasteiger partial charge in [-0.15, -0.1) is 0 Å². The third-order valence-corrected chi connectivity index (χ3v) is 4.88. The summed E-state index contributed by atoms with van der Waals surface area (Å²) in [7, 11) is 0. The Morgan fingerprint density at radius 2 is 2.19 bits per heavy atom. The first-order valence-corrected chi connectivity index (χ1v) is 9.07. The highest BCUT2D eigenvalue weighted by atomic mass is 35.5. The molecule has 0 aromatic carbocycles. The molecule has 0 spiro atoms. The van der Waals surface area contributed by atoms with Gasteiger partial charge in [0.25, 0.3) is 5.91 Å². The summed E-state index contributed by atoms with van der Waals surface area (Å²) >= 11 is 5.84. The molecule has 1 aliphatic heterocycles. The van der Waals surface area contributed by atoms with E-state index < -0.39 is 0 Å². The van der Waals surface area contributed by atoms with Gasteiger partial charge < -0.3 is 9.40 Å². The largest absolute Gasteiger partial charge is 0.392 e. The monoisotopic (exact) mass is 370 g/mol. The average Bonchev–Trinajstić information content (AvgIpc) is 3.40. The highest BCUT2D eigenvalue weighted by Gasteiger charge is 2.44. The number of rotatable bonds is 4. The zero-order valence-electron chi connectivity index (χ0n) is 14.4. The lowest BCUT2D eigenvalue weighted by molar-refractivity contribution is -0.122. The van der Waals surface area contributed by atoms with Crippen molar-refractivity contribution < 1.29 is 9.63 Å². The third-order valence-electron chi connectivity index (χ3n) is 4.66. The van der Waals surface area contributed by atoms with Crippen LogP contribution in [0, 0.1) is 11.8 Å². The molecule has 2 aromatic heterocycles. The minimum absolute atomic E-state index is 0.199. The van der Waals surface area contributed by atoms with Gasteiger partial charge in [-0.2, -0.15) is 4.99 Å². The molecule has 2 aliphatic rings. The van der Waals surface area contributed by atoms with Gasteiger partial charge >= 0.3 is 0 Å². The number of halogens is 1. The third kappa shape index (κ3) is 3.55. The van der Waals surface area contributed by atoms with Gasteiger partial charge in [0.05, 0.1) is 12.3 Å². The normalized spacial score (nSPS) is 22.8. The number of oxime groups is 1. The molecule has 0 bridgehead atoms. The molecule has 2 aromatic rings. The second kappa shape index (κ2) is 7.03. The molecule has 1 fully saturated rings. The zero-order valence-corrected chi connectivity index (χ0v) is 15.1. The van der Waals surface area contributed by atoms with Crippen LogP contribution in [0.15, 0.2) is 52.9 Å². The number of aromatic nitrogens is 2. The molecule has 1 aliphatic carbocycles. The van der Waals surface area contributed by atoms with Gasteiger partial charge in [-0.1, -0.05) is 28.9 Å². The number of nitrogens with zero attached hydrogens (tertiary/aromatic N) is 4. The Morgan fingerprint density at radius 1 is 1.35 bits per heavy atom. The summed E-state index contributed by atoms with van der Waals surface area (Å²) in [6, 6.07) is 9.26. The summed E-state index contributed by atoms with van der Waals surface area (Å²) < 4.78 is 1.91. The first-order chi connectivity index (χ1) is 12.6. The van der Waals surface area contributed by atoms with Gasteiger partial charge in [-0.05, 0) is 43.5 Å². The fourth-order valence-electron chi connectivity index (χ4n) is 3.12. The number of hydrogen-bond donors (Lipinski definition) is 0. The van der Waals surface area contributed by atoms with E-state index in [-0.39, 0.29) is 17.9 Å². The molecular weight excluding hydrogens is 352 g/mol. The lowest BCUT2D eigenvalue weighted by Crippen LogP contribution is -2.32. The first-order valence-electron chi connectivity index (χ1n) is 8.70. The van der Waals surface area contributed by atoms with Crippen molar-refractivity contribution in [1.82, 2.24) is 9.55 Å². The molecule has 26 heavy (non-hydrogen) atoms. The van der Waals surface area contributed by atoms with E-state index in [2.05, 4.69) is 15.1 Å². The standard InChI is InChI=1S/C19H19ClN4O2/c1-12-17(18(23-26-12)14-6-7-14)19(25)22-16-4-2-3-9-24(16)11-13-5-8-15(20)21-10-13/h2-5,8-10,12,14,17H,6-7,11H2,1H3. The van der Waals surface area contributed by atoms with Crippen molar-refractivity contribution in [2.75, 3.05) is 0 Å². The second-order valence-electron chi connectivity index (χ2n) is 6.70. The van der Waals surface area contributed by atoms with Crippen LogP contribution in [0.2, 0.25) is 5.15 Å². The van der Waals surface area contributed by atoms with Crippen molar-refractivity contribution in [3.05, 3.63) is 58.9 Å². The maximum Gasteiger partial charge on any atom is 0.260 e. The Bertz CT molecular complexity index is 916. The van der Waals surface area contributed by atoms with E-state index in [0.29, 0.717) is 23.1 Å². The number of pyridine rings is 2. The van der Waals surface area contributed by atoms with Crippen LogP contribution < -0.4 is 5.49 Å². The summed E-state index contributed by atoms with van der Waals surface area (Å²) in [6.07, 6.45) is 5.50. The highest BCUT2D eigenvalue weighted by molar-refractivity contribution is 6.29. The van der Waals surface area contributed by atoms with Crippen LogP contribution in [0.5, 0.6) is 0 Å². The van der Waals surface area contributed by atoms with Crippen molar-refractivity contribution in [3.63, 3.8) is 0 Å². The zero-order chi connectivity index (χ0) is 18.1. The van der Waals surface area contributed by atoms with Crippen molar-refractivity contribution >= 4 is 23.2 Å². The molecule has 1 amide bonds. The van der Waals surface area contributed by atoms with Crippen molar-refractivity contribution in [2.24, 2.45) is 22.0 Å². The summed E-state index contributed by atoms with van der Waals surface area (Å²) in [5, 5.41) is 4.58. The molecule has 1 saturated carbocycles. The Kier molecular flexibility index (Phi) is 4.59. The number of carbonyl (C=O) groups is 1. The summed E-state index contributed by atoms with van der Waals surface area (Å²) in [6.45, 7) is 2.42. The minimum atomic E-state index is -0.381. The van der Waals surface area contributed by atoms with Gasteiger partial charge in [-0.25, -0.2) is 4.98 Å². The summed E-state index contributed by atoms with van der Waals surface area (Å²) in [4.78, 5) is 26.7. The molecule has 3 heterocycles. The van der Waals surface area contributed by atoms with E-state index in [1.54, 1.807) is 12.3 Å². The molecule has 0 N–H and O–H groups in total. The van der Waals surface area contributed by atoms with E-state index in [9.17, 15) is 4.79 Å². The lowest BCUT2D eigenvalue weighted by atomic mass is 9.94. The van der Waals surface area contributed by atoms with Gasteiger partial charge in [0.15, 0.2) is 0 Å². The van der Waals surface area contributed by atoms with Crippen molar-refractivity contribution in [1.29, 1.82) is 0 Å². The van der Waals surface area contributed by atoms with Gasteiger partial charge in [-0.3, -0.25) is 4.79 Å². The van der Waals surface area contributed by atoms with E-state index in [1.807, 2.05) is 42.0 Å². The van der Waals surface area contributed by atoms with E-state index in [4.69, 9.17) is 16.4 Å². The molecule has 7 heteroatoms. The van der Waals surface area contributed by atoms with Crippen LogP contribution in [-0.4, -0.2) is 27.3 Å². The Morgan fingerprint density at radius 3 is 2.92 bits per heavy atom. The van der Waals surface area contributed by atoms with Gasteiger partial charge in [0.2, 0.25) is 0 Å². The fraction of sp³-hybridized carbons (Fsp3) is 0.368. The molecule has 0 radical (unpaired) electrons. The smallest absolute Gasteiger partial charge is 0.260 e. The van der Waals surface area contributed by atoms with Crippen LogP contribution in [0.25, 0.3) is 0 Å².